The molecule has 1 saturated heterocycles. The molecule has 3 aromatic rings. The second-order valence-corrected chi connectivity index (χ2v) is 7.36. The van der Waals surface area contributed by atoms with E-state index < -0.39 is 0 Å². The molecule has 1 aromatic carbocycles. The van der Waals surface area contributed by atoms with Crippen molar-refractivity contribution in [1.29, 1.82) is 0 Å². The van der Waals surface area contributed by atoms with Gasteiger partial charge in [0.05, 0.1) is 23.1 Å². The third-order valence-corrected chi connectivity index (χ3v) is 5.11. The molecule has 0 aliphatic carbocycles. The Balaban J connectivity index is 1.52. The molecule has 5 heteroatoms. The van der Waals surface area contributed by atoms with E-state index in [-0.39, 0.29) is 0 Å². The smallest absolute Gasteiger partial charge is 0.0724 e. The van der Waals surface area contributed by atoms with Gasteiger partial charge in [-0.25, -0.2) is 0 Å². The van der Waals surface area contributed by atoms with Crippen molar-refractivity contribution in [3.63, 3.8) is 0 Å². The molecule has 0 unspecified atom stereocenters. The maximum Gasteiger partial charge on any atom is 0.0724 e. The SMILES string of the molecule is Brc1ccc2nc[c]c(Nc3cncc(CCN4CCCC4)c3)c2c1. The number of halogens is 1. The Morgan fingerprint density at radius 2 is 2.04 bits per heavy atom. The van der Waals surface area contributed by atoms with Gasteiger partial charge < -0.3 is 10.2 Å². The molecule has 1 aliphatic heterocycles. The Morgan fingerprint density at radius 3 is 2.92 bits per heavy atom. The molecule has 1 radical (unpaired) electrons. The molecule has 0 atom stereocenters. The fraction of sp³-hybridized carbons (Fsp3) is 0.300. The summed E-state index contributed by atoms with van der Waals surface area (Å²) in [5.41, 5.74) is 4.12. The zero-order valence-electron chi connectivity index (χ0n) is 14.0. The Kier molecular flexibility index (Phi) is 4.95. The van der Waals surface area contributed by atoms with Crippen LogP contribution in [-0.4, -0.2) is 34.5 Å². The van der Waals surface area contributed by atoms with Crippen LogP contribution in [0.25, 0.3) is 10.9 Å². The lowest BCUT2D eigenvalue weighted by Crippen LogP contribution is -2.21. The summed E-state index contributed by atoms with van der Waals surface area (Å²) in [4.78, 5) is 11.3. The minimum atomic E-state index is 0.921. The van der Waals surface area contributed by atoms with Crippen LogP contribution in [0.1, 0.15) is 18.4 Å². The molecule has 1 aliphatic rings. The van der Waals surface area contributed by atoms with Gasteiger partial charge in [0.25, 0.3) is 0 Å². The molecule has 25 heavy (non-hydrogen) atoms. The normalized spacial score (nSPS) is 14.9. The summed E-state index contributed by atoms with van der Waals surface area (Å²) >= 11 is 3.53. The van der Waals surface area contributed by atoms with E-state index >= 15 is 0 Å². The van der Waals surface area contributed by atoms with Gasteiger partial charge in [-0.2, -0.15) is 0 Å². The fourth-order valence-electron chi connectivity index (χ4n) is 3.30. The first kappa shape index (κ1) is 16.5. The standard InChI is InChI=1S/C20H20BrN4/c21-16-3-4-19-18(12-16)20(5-7-23-19)24-17-11-15(13-22-14-17)6-10-25-8-1-2-9-25/h3-4,7,11-14H,1-2,6,8-10H2,(H,23,24). The van der Waals surface area contributed by atoms with Crippen molar-refractivity contribution in [1.82, 2.24) is 14.9 Å². The number of benzene rings is 1. The van der Waals surface area contributed by atoms with Crippen molar-refractivity contribution in [3.05, 3.63) is 59.0 Å². The lowest BCUT2D eigenvalue weighted by molar-refractivity contribution is 0.343. The molecular weight excluding hydrogens is 376 g/mol. The third kappa shape index (κ3) is 3.99. The number of fused-ring (bicyclic) bond motifs is 1. The highest BCUT2D eigenvalue weighted by Gasteiger charge is 2.11. The van der Waals surface area contributed by atoms with Gasteiger partial charge in [0.15, 0.2) is 0 Å². The van der Waals surface area contributed by atoms with Crippen LogP contribution >= 0.6 is 15.9 Å². The van der Waals surface area contributed by atoms with Crippen LogP contribution in [0.5, 0.6) is 0 Å². The first-order valence-corrected chi connectivity index (χ1v) is 9.46. The maximum atomic E-state index is 4.40. The van der Waals surface area contributed by atoms with Gasteiger partial charge in [0.1, 0.15) is 0 Å². The van der Waals surface area contributed by atoms with E-state index in [1.165, 1.54) is 31.5 Å². The predicted molar refractivity (Wildman–Crippen MR) is 105 cm³/mol. The van der Waals surface area contributed by atoms with Crippen molar-refractivity contribution in [2.45, 2.75) is 19.3 Å². The van der Waals surface area contributed by atoms with Crippen LogP contribution in [0.4, 0.5) is 11.4 Å². The van der Waals surface area contributed by atoms with Crippen molar-refractivity contribution >= 4 is 38.2 Å². The van der Waals surface area contributed by atoms with Crippen molar-refractivity contribution in [2.75, 3.05) is 25.0 Å². The van der Waals surface area contributed by atoms with Gasteiger partial charge >= 0.3 is 0 Å². The van der Waals surface area contributed by atoms with E-state index in [1.54, 1.807) is 6.20 Å². The van der Waals surface area contributed by atoms with Crippen molar-refractivity contribution in [3.8, 4) is 0 Å². The number of hydrogen-bond donors (Lipinski definition) is 1. The second kappa shape index (κ2) is 7.50. The molecule has 0 amide bonds. The van der Waals surface area contributed by atoms with Crippen LogP contribution in [0.2, 0.25) is 0 Å². The average Bonchev–Trinajstić information content (AvgIpc) is 3.14. The monoisotopic (exact) mass is 395 g/mol. The molecule has 4 nitrogen and oxygen atoms in total. The third-order valence-electron chi connectivity index (χ3n) is 4.62. The van der Waals surface area contributed by atoms with Gasteiger partial charge in [-0.1, -0.05) is 15.9 Å². The largest absolute Gasteiger partial charge is 0.353 e. The highest BCUT2D eigenvalue weighted by atomic mass is 79.9. The summed E-state index contributed by atoms with van der Waals surface area (Å²) in [6, 6.07) is 11.5. The minimum absolute atomic E-state index is 0.921. The molecule has 1 N–H and O–H groups in total. The highest BCUT2D eigenvalue weighted by Crippen LogP contribution is 2.27. The van der Waals surface area contributed by atoms with E-state index in [9.17, 15) is 0 Å². The Labute approximate surface area is 156 Å². The number of pyridine rings is 2. The second-order valence-electron chi connectivity index (χ2n) is 6.44. The zero-order chi connectivity index (χ0) is 17.1. The van der Waals surface area contributed by atoms with E-state index in [4.69, 9.17) is 0 Å². The molecule has 2 aromatic heterocycles. The fourth-order valence-corrected chi connectivity index (χ4v) is 3.66. The van der Waals surface area contributed by atoms with Crippen LogP contribution in [-0.2, 0) is 6.42 Å². The first-order valence-electron chi connectivity index (χ1n) is 8.67. The lowest BCUT2D eigenvalue weighted by atomic mass is 10.1. The summed E-state index contributed by atoms with van der Waals surface area (Å²) < 4.78 is 1.03. The van der Waals surface area contributed by atoms with Crippen LogP contribution in [0.15, 0.2) is 47.3 Å². The number of likely N-dealkylation sites (tertiary alicyclic amines) is 1. The topological polar surface area (TPSA) is 41.1 Å². The van der Waals surface area contributed by atoms with E-state index in [1.807, 2.05) is 24.5 Å². The number of anilines is 2. The lowest BCUT2D eigenvalue weighted by Gasteiger charge is -2.15. The summed E-state index contributed by atoms with van der Waals surface area (Å²) in [5, 5.41) is 4.49. The predicted octanol–water partition coefficient (Wildman–Crippen LogP) is 4.57. The first-order chi connectivity index (χ1) is 12.3. The number of aromatic nitrogens is 2. The Morgan fingerprint density at radius 1 is 1.16 bits per heavy atom. The van der Waals surface area contributed by atoms with Crippen molar-refractivity contribution in [2.24, 2.45) is 0 Å². The molecular formula is C20H20BrN4. The molecule has 3 heterocycles. The maximum absolute atomic E-state index is 4.40. The van der Waals surface area contributed by atoms with Crippen LogP contribution in [0, 0.1) is 6.07 Å². The molecule has 4 rings (SSSR count). The molecule has 127 valence electrons. The number of rotatable bonds is 5. The average molecular weight is 396 g/mol. The number of hydrogen-bond acceptors (Lipinski definition) is 4. The van der Waals surface area contributed by atoms with Crippen LogP contribution < -0.4 is 5.32 Å². The van der Waals surface area contributed by atoms with E-state index in [0.717, 1.165) is 39.7 Å². The van der Waals surface area contributed by atoms with Gasteiger partial charge in [0, 0.05) is 34.9 Å². The molecule has 0 spiro atoms. The van der Waals surface area contributed by atoms with Crippen LogP contribution in [0.3, 0.4) is 0 Å². The number of nitrogens with one attached hydrogen (secondary N) is 1. The number of nitrogens with zero attached hydrogens (tertiary/aromatic N) is 3. The van der Waals surface area contributed by atoms with Crippen molar-refractivity contribution < 1.29 is 0 Å². The summed E-state index contributed by atoms with van der Waals surface area (Å²) in [7, 11) is 0. The minimum Gasteiger partial charge on any atom is -0.353 e. The summed E-state index contributed by atoms with van der Waals surface area (Å²) in [5.74, 6) is 0. The van der Waals surface area contributed by atoms with Gasteiger partial charge in [-0.3, -0.25) is 9.97 Å². The Hall–Kier alpha value is -1.98. The highest BCUT2D eigenvalue weighted by molar-refractivity contribution is 9.10. The van der Waals surface area contributed by atoms with E-state index in [0.29, 0.717) is 0 Å². The molecule has 0 bridgehead atoms. The Bertz CT molecular complexity index is 874. The molecule has 0 saturated carbocycles. The summed E-state index contributed by atoms with van der Waals surface area (Å²) in [6.45, 7) is 3.58. The van der Waals surface area contributed by atoms with E-state index in [2.05, 4.69) is 54.3 Å². The van der Waals surface area contributed by atoms with Gasteiger partial charge in [0.2, 0.25) is 0 Å². The zero-order valence-corrected chi connectivity index (χ0v) is 15.6. The van der Waals surface area contributed by atoms with Gasteiger partial charge in [-0.05, 0) is 62.2 Å². The molecule has 1 fully saturated rings. The quantitative estimate of drug-likeness (QED) is 0.686. The van der Waals surface area contributed by atoms with Gasteiger partial charge in [-0.15, -0.1) is 0 Å². The summed E-state index contributed by atoms with van der Waals surface area (Å²) in [6.07, 6.45) is 9.24.